The van der Waals surface area contributed by atoms with Crippen LogP contribution >= 0.6 is 24.8 Å². The number of halogens is 2. The summed E-state index contributed by atoms with van der Waals surface area (Å²) in [4.78, 5) is 0. The van der Waals surface area contributed by atoms with Crippen molar-refractivity contribution in [1.82, 2.24) is 0 Å². The first-order valence-corrected chi connectivity index (χ1v) is 6.22. The zero-order valence-corrected chi connectivity index (χ0v) is 13.0. The Morgan fingerprint density at radius 1 is 0.722 bits per heavy atom. The first-order chi connectivity index (χ1) is 7.65. The standard InChI is InChI=1S/2C6H13NO.2ClH/c2*1-8-6-3-2-5(7)4-6;;/h2*5-6H,2-4,7H2,1H3;2*1H/t2*5-,6-;;/m10../s1. The van der Waals surface area contributed by atoms with Crippen molar-refractivity contribution in [2.75, 3.05) is 14.2 Å². The van der Waals surface area contributed by atoms with Crippen LogP contribution in [0.3, 0.4) is 0 Å². The van der Waals surface area contributed by atoms with E-state index < -0.39 is 0 Å². The van der Waals surface area contributed by atoms with Crippen LogP contribution in [0.2, 0.25) is 0 Å². The summed E-state index contributed by atoms with van der Waals surface area (Å²) in [7, 11) is 3.51. The van der Waals surface area contributed by atoms with Crippen LogP contribution in [0.4, 0.5) is 0 Å². The summed E-state index contributed by atoms with van der Waals surface area (Å²) >= 11 is 0. The van der Waals surface area contributed by atoms with E-state index in [-0.39, 0.29) is 24.8 Å². The van der Waals surface area contributed by atoms with Gasteiger partial charge in [0.2, 0.25) is 0 Å². The molecular formula is C12H28Cl2N2O2. The van der Waals surface area contributed by atoms with Gasteiger partial charge in [0.1, 0.15) is 0 Å². The smallest absolute Gasteiger partial charge is 0.0586 e. The van der Waals surface area contributed by atoms with E-state index in [1.165, 1.54) is 0 Å². The molecular weight excluding hydrogens is 275 g/mol. The minimum atomic E-state index is 0. The van der Waals surface area contributed by atoms with Gasteiger partial charge in [0.05, 0.1) is 12.2 Å². The number of rotatable bonds is 2. The fourth-order valence-corrected chi connectivity index (χ4v) is 2.37. The second-order valence-corrected chi connectivity index (χ2v) is 4.86. The lowest BCUT2D eigenvalue weighted by molar-refractivity contribution is 0.108. The molecule has 2 saturated carbocycles. The first kappa shape index (κ1) is 20.7. The predicted octanol–water partition coefficient (Wildman–Crippen LogP) is 1.87. The SMILES string of the molecule is CO[C@@H]1CC[C@@H](N)C1.CO[C@H]1CC[C@H](N)C1.Cl.Cl. The summed E-state index contributed by atoms with van der Waals surface area (Å²) < 4.78 is 10.2. The zero-order valence-electron chi connectivity index (χ0n) is 11.3. The second-order valence-electron chi connectivity index (χ2n) is 4.86. The molecule has 0 aromatic heterocycles. The third kappa shape index (κ3) is 7.77. The summed E-state index contributed by atoms with van der Waals surface area (Å²) in [5.74, 6) is 0. The van der Waals surface area contributed by atoms with Crippen LogP contribution in [-0.2, 0) is 9.47 Å². The predicted molar refractivity (Wildman–Crippen MR) is 79.7 cm³/mol. The van der Waals surface area contributed by atoms with Crippen LogP contribution in [0.5, 0.6) is 0 Å². The molecule has 2 aliphatic carbocycles. The van der Waals surface area contributed by atoms with Gasteiger partial charge in [0, 0.05) is 26.3 Å². The molecule has 0 radical (unpaired) electrons. The third-order valence-corrected chi connectivity index (χ3v) is 3.52. The maximum Gasteiger partial charge on any atom is 0.0586 e. The highest BCUT2D eigenvalue weighted by molar-refractivity contribution is 5.85. The van der Waals surface area contributed by atoms with Gasteiger partial charge < -0.3 is 20.9 Å². The lowest BCUT2D eigenvalue weighted by Gasteiger charge is -2.04. The van der Waals surface area contributed by atoms with Gasteiger partial charge in [-0.2, -0.15) is 0 Å². The van der Waals surface area contributed by atoms with Gasteiger partial charge >= 0.3 is 0 Å². The maximum atomic E-state index is 5.62. The van der Waals surface area contributed by atoms with Crippen LogP contribution in [-0.4, -0.2) is 38.5 Å². The van der Waals surface area contributed by atoms with Crippen molar-refractivity contribution in [2.45, 2.75) is 62.8 Å². The third-order valence-electron chi connectivity index (χ3n) is 3.52. The molecule has 0 unspecified atom stereocenters. The van der Waals surface area contributed by atoms with E-state index in [1.807, 2.05) is 0 Å². The number of nitrogens with two attached hydrogens (primary N) is 2. The van der Waals surface area contributed by atoms with Gasteiger partial charge in [-0.05, 0) is 38.5 Å². The minimum Gasteiger partial charge on any atom is -0.381 e. The number of methoxy groups -OCH3 is 2. The van der Waals surface area contributed by atoms with Gasteiger partial charge in [0.25, 0.3) is 0 Å². The fraction of sp³-hybridized carbons (Fsp3) is 1.00. The largest absolute Gasteiger partial charge is 0.381 e. The molecule has 4 atom stereocenters. The molecule has 2 aliphatic rings. The number of hydrogen-bond acceptors (Lipinski definition) is 4. The van der Waals surface area contributed by atoms with Crippen molar-refractivity contribution >= 4 is 24.8 Å². The Labute approximate surface area is 123 Å². The molecule has 0 aromatic carbocycles. The minimum absolute atomic E-state index is 0. The van der Waals surface area contributed by atoms with Crippen molar-refractivity contribution in [1.29, 1.82) is 0 Å². The summed E-state index contributed by atoms with van der Waals surface area (Å²) in [6, 6.07) is 0.805. The van der Waals surface area contributed by atoms with Gasteiger partial charge in [-0.3, -0.25) is 0 Å². The van der Waals surface area contributed by atoms with E-state index in [1.54, 1.807) is 14.2 Å². The Kier molecular flexibility index (Phi) is 13.0. The summed E-state index contributed by atoms with van der Waals surface area (Å²) in [6.07, 6.45) is 7.58. The Morgan fingerprint density at radius 2 is 1.06 bits per heavy atom. The quantitative estimate of drug-likeness (QED) is 0.817. The molecule has 112 valence electrons. The van der Waals surface area contributed by atoms with Crippen LogP contribution in [0, 0.1) is 0 Å². The van der Waals surface area contributed by atoms with Crippen molar-refractivity contribution in [3.63, 3.8) is 0 Å². The molecule has 0 bridgehead atoms. The number of hydrogen-bond donors (Lipinski definition) is 2. The zero-order chi connectivity index (χ0) is 12.0. The highest BCUT2D eigenvalue weighted by atomic mass is 35.5. The number of ether oxygens (including phenoxy) is 2. The Morgan fingerprint density at radius 3 is 1.17 bits per heavy atom. The molecule has 0 aromatic rings. The van der Waals surface area contributed by atoms with Gasteiger partial charge in [-0.25, -0.2) is 0 Å². The summed E-state index contributed by atoms with van der Waals surface area (Å²) in [6.45, 7) is 0. The van der Waals surface area contributed by atoms with E-state index in [0.717, 1.165) is 38.5 Å². The van der Waals surface area contributed by atoms with Gasteiger partial charge in [-0.15, -0.1) is 24.8 Å². The fourth-order valence-electron chi connectivity index (χ4n) is 2.37. The molecule has 4 N–H and O–H groups in total. The van der Waals surface area contributed by atoms with E-state index in [0.29, 0.717) is 24.3 Å². The normalized spacial score (nSPS) is 34.0. The first-order valence-electron chi connectivity index (χ1n) is 6.22. The summed E-state index contributed by atoms with van der Waals surface area (Å²) in [5, 5.41) is 0. The molecule has 4 nitrogen and oxygen atoms in total. The summed E-state index contributed by atoms with van der Waals surface area (Å²) in [5.41, 5.74) is 11.2. The van der Waals surface area contributed by atoms with Crippen molar-refractivity contribution < 1.29 is 9.47 Å². The molecule has 0 heterocycles. The van der Waals surface area contributed by atoms with Crippen LogP contribution in [0.15, 0.2) is 0 Å². The molecule has 0 saturated heterocycles. The van der Waals surface area contributed by atoms with Gasteiger partial charge in [-0.1, -0.05) is 0 Å². The van der Waals surface area contributed by atoms with E-state index in [2.05, 4.69) is 0 Å². The van der Waals surface area contributed by atoms with Crippen molar-refractivity contribution in [3.8, 4) is 0 Å². The highest BCUT2D eigenvalue weighted by Gasteiger charge is 2.20. The molecule has 6 heteroatoms. The van der Waals surface area contributed by atoms with E-state index >= 15 is 0 Å². The van der Waals surface area contributed by atoms with Crippen molar-refractivity contribution in [3.05, 3.63) is 0 Å². The lowest BCUT2D eigenvalue weighted by atomic mass is 10.3. The average molecular weight is 303 g/mol. The van der Waals surface area contributed by atoms with Crippen molar-refractivity contribution in [2.24, 2.45) is 11.5 Å². The van der Waals surface area contributed by atoms with E-state index in [9.17, 15) is 0 Å². The monoisotopic (exact) mass is 302 g/mol. The topological polar surface area (TPSA) is 70.5 Å². The molecule has 2 rings (SSSR count). The van der Waals surface area contributed by atoms with Crippen LogP contribution in [0.1, 0.15) is 38.5 Å². The Bertz CT molecular complexity index is 179. The van der Waals surface area contributed by atoms with Gasteiger partial charge in [0.15, 0.2) is 0 Å². The second kappa shape index (κ2) is 11.3. The van der Waals surface area contributed by atoms with Crippen LogP contribution < -0.4 is 11.5 Å². The Balaban J connectivity index is 0. The molecule has 0 amide bonds. The molecule has 18 heavy (non-hydrogen) atoms. The van der Waals surface area contributed by atoms with Crippen LogP contribution in [0.25, 0.3) is 0 Å². The highest BCUT2D eigenvalue weighted by Crippen LogP contribution is 2.19. The lowest BCUT2D eigenvalue weighted by Crippen LogP contribution is -2.16. The molecule has 2 fully saturated rings. The molecule has 0 spiro atoms. The maximum absolute atomic E-state index is 5.62. The molecule has 0 aliphatic heterocycles. The Hall–Kier alpha value is 0.420. The average Bonchev–Trinajstić information content (AvgIpc) is 2.88. The van der Waals surface area contributed by atoms with E-state index in [4.69, 9.17) is 20.9 Å².